The molecule has 0 aliphatic heterocycles. The van der Waals surface area contributed by atoms with Crippen molar-refractivity contribution in [2.24, 2.45) is 0 Å². The maximum atomic E-state index is 13.1. The molecule has 11 heteroatoms. The van der Waals surface area contributed by atoms with Gasteiger partial charge in [-0.15, -0.1) is 5.10 Å². The SMILES string of the molecule is Cc1cc(C)c(S(=O)(=O)Nc2ccc(-c3csnn3)cc2)c(C)c1NS(C)(=O)=O. The van der Waals surface area contributed by atoms with Crippen molar-refractivity contribution in [3.63, 3.8) is 0 Å². The highest BCUT2D eigenvalue weighted by Crippen LogP contribution is 2.32. The van der Waals surface area contributed by atoms with Gasteiger partial charge in [-0.25, -0.2) is 16.8 Å². The molecule has 0 aliphatic rings. The largest absolute Gasteiger partial charge is 0.283 e. The Morgan fingerprint density at radius 3 is 2.14 bits per heavy atom. The first-order valence-electron chi connectivity index (χ1n) is 8.47. The summed E-state index contributed by atoms with van der Waals surface area (Å²) in [6, 6.07) is 8.43. The molecular formula is C18H20N4O4S3. The molecule has 0 amide bonds. The number of sulfonamides is 2. The Labute approximate surface area is 174 Å². The van der Waals surface area contributed by atoms with Crippen molar-refractivity contribution >= 4 is 43.0 Å². The summed E-state index contributed by atoms with van der Waals surface area (Å²) < 4.78 is 58.3. The van der Waals surface area contributed by atoms with Gasteiger partial charge >= 0.3 is 0 Å². The van der Waals surface area contributed by atoms with Crippen molar-refractivity contribution in [2.75, 3.05) is 15.7 Å². The molecule has 1 aromatic heterocycles. The molecular weight excluding hydrogens is 432 g/mol. The van der Waals surface area contributed by atoms with Crippen LogP contribution >= 0.6 is 11.5 Å². The number of hydrogen-bond donors (Lipinski definition) is 2. The second-order valence-corrected chi connectivity index (χ2v) is 10.7. The molecule has 2 aromatic carbocycles. The zero-order chi connectivity index (χ0) is 21.4. The number of aromatic nitrogens is 2. The number of aryl methyl sites for hydroxylation is 2. The molecule has 3 rings (SSSR count). The van der Waals surface area contributed by atoms with E-state index < -0.39 is 20.0 Å². The van der Waals surface area contributed by atoms with Crippen molar-refractivity contribution in [2.45, 2.75) is 25.7 Å². The Bertz CT molecular complexity index is 1250. The molecule has 0 spiro atoms. The zero-order valence-electron chi connectivity index (χ0n) is 16.2. The second-order valence-electron chi connectivity index (χ2n) is 6.69. The van der Waals surface area contributed by atoms with Gasteiger partial charge in [-0.3, -0.25) is 9.44 Å². The topological polar surface area (TPSA) is 118 Å². The van der Waals surface area contributed by atoms with Crippen LogP contribution in [0.25, 0.3) is 11.3 Å². The van der Waals surface area contributed by atoms with E-state index in [9.17, 15) is 16.8 Å². The van der Waals surface area contributed by atoms with Crippen LogP contribution in [0.4, 0.5) is 11.4 Å². The summed E-state index contributed by atoms with van der Waals surface area (Å²) in [6.45, 7) is 4.99. The number of nitrogens with one attached hydrogen (secondary N) is 2. The maximum Gasteiger partial charge on any atom is 0.262 e. The maximum absolute atomic E-state index is 13.1. The monoisotopic (exact) mass is 452 g/mol. The molecule has 2 N–H and O–H groups in total. The van der Waals surface area contributed by atoms with E-state index in [-0.39, 0.29) is 10.6 Å². The highest BCUT2D eigenvalue weighted by Gasteiger charge is 2.24. The van der Waals surface area contributed by atoms with Crippen LogP contribution in [0, 0.1) is 20.8 Å². The van der Waals surface area contributed by atoms with E-state index in [0.29, 0.717) is 28.1 Å². The molecule has 0 aliphatic carbocycles. The van der Waals surface area contributed by atoms with Crippen LogP contribution in [-0.4, -0.2) is 32.7 Å². The van der Waals surface area contributed by atoms with Crippen molar-refractivity contribution in [1.82, 2.24) is 9.59 Å². The summed E-state index contributed by atoms with van der Waals surface area (Å²) in [7, 11) is -7.50. The van der Waals surface area contributed by atoms with Crippen LogP contribution in [0.1, 0.15) is 16.7 Å². The standard InChI is InChI=1S/C18H20N4O4S3/c1-11-9-12(2)18(13(3)17(11)21-28(4,23)24)29(25,26)20-15-7-5-14(6-8-15)16-10-27-22-19-16/h5-10,20-21H,1-4H3. The zero-order valence-corrected chi connectivity index (χ0v) is 18.7. The van der Waals surface area contributed by atoms with Gasteiger partial charge < -0.3 is 0 Å². The Balaban J connectivity index is 1.98. The van der Waals surface area contributed by atoms with Gasteiger partial charge in [0.2, 0.25) is 10.0 Å². The fraction of sp³-hybridized carbons (Fsp3) is 0.222. The molecule has 154 valence electrons. The fourth-order valence-electron chi connectivity index (χ4n) is 3.13. The first kappa shape index (κ1) is 21.2. The second kappa shape index (κ2) is 7.73. The van der Waals surface area contributed by atoms with E-state index in [0.717, 1.165) is 11.8 Å². The summed E-state index contributed by atoms with van der Waals surface area (Å²) in [4.78, 5) is 0.0435. The van der Waals surface area contributed by atoms with Gasteiger partial charge in [0, 0.05) is 16.6 Å². The van der Waals surface area contributed by atoms with Gasteiger partial charge in [-0.2, -0.15) is 0 Å². The van der Waals surface area contributed by atoms with Crippen LogP contribution < -0.4 is 9.44 Å². The smallest absolute Gasteiger partial charge is 0.262 e. The van der Waals surface area contributed by atoms with Gasteiger partial charge in [-0.1, -0.05) is 22.7 Å². The lowest BCUT2D eigenvalue weighted by molar-refractivity contribution is 0.599. The van der Waals surface area contributed by atoms with E-state index in [1.54, 1.807) is 56.5 Å². The fourth-order valence-corrected chi connectivity index (χ4v) is 5.82. The Morgan fingerprint density at radius 2 is 1.59 bits per heavy atom. The average Bonchev–Trinajstić information content (AvgIpc) is 3.12. The van der Waals surface area contributed by atoms with Gasteiger partial charge in [0.05, 0.1) is 16.8 Å². The number of benzene rings is 2. The Kier molecular flexibility index (Phi) is 5.65. The number of rotatable bonds is 6. The predicted molar refractivity (Wildman–Crippen MR) is 115 cm³/mol. The van der Waals surface area contributed by atoms with E-state index in [4.69, 9.17) is 0 Å². The Morgan fingerprint density at radius 1 is 0.931 bits per heavy atom. The lowest BCUT2D eigenvalue weighted by Gasteiger charge is -2.18. The van der Waals surface area contributed by atoms with Crippen LogP contribution in [0.2, 0.25) is 0 Å². The molecule has 8 nitrogen and oxygen atoms in total. The van der Waals surface area contributed by atoms with Crippen LogP contribution in [0.5, 0.6) is 0 Å². The minimum atomic E-state index is -3.95. The molecule has 29 heavy (non-hydrogen) atoms. The normalized spacial score (nSPS) is 12.0. The van der Waals surface area contributed by atoms with Gasteiger partial charge in [-0.05, 0) is 61.1 Å². The van der Waals surface area contributed by atoms with Gasteiger partial charge in [0.15, 0.2) is 0 Å². The molecule has 0 fully saturated rings. The number of anilines is 2. The predicted octanol–water partition coefficient (Wildman–Crippen LogP) is 3.30. The summed E-state index contributed by atoms with van der Waals surface area (Å²) >= 11 is 1.23. The molecule has 1 heterocycles. The molecule has 0 unspecified atom stereocenters. The van der Waals surface area contributed by atoms with E-state index in [2.05, 4.69) is 19.0 Å². The minimum absolute atomic E-state index is 0.0435. The molecule has 0 saturated heterocycles. The summed E-state index contributed by atoms with van der Waals surface area (Å²) in [5.41, 5.74) is 3.70. The third kappa shape index (κ3) is 4.74. The van der Waals surface area contributed by atoms with E-state index in [1.165, 1.54) is 11.5 Å². The van der Waals surface area contributed by atoms with E-state index >= 15 is 0 Å². The molecule has 0 saturated carbocycles. The molecule has 0 radical (unpaired) electrons. The quantitative estimate of drug-likeness (QED) is 0.592. The first-order chi connectivity index (χ1) is 13.5. The summed E-state index contributed by atoms with van der Waals surface area (Å²) in [5, 5.41) is 5.78. The van der Waals surface area contributed by atoms with E-state index in [1.807, 2.05) is 0 Å². The number of hydrogen-bond acceptors (Lipinski definition) is 7. The van der Waals surface area contributed by atoms with Crippen molar-refractivity contribution in [1.29, 1.82) is 0 Å². The lowest BCUT2D eigenvalue weighted by Crippen LogP contribution is -2.19. The third-order valence-corrected chi connectivity index (χ3v) is 7.00. The van der Waals surface area contributed by atoms with Gasteiger partial charge in [0.1, 0.15) is 5.69 Å². The highest BCUT2D eigenvalue weighted by molar-refractivity contribution is 7.93. The molecule has 0 bridgehead atoms. The average molecular weight is 453 g/mol. The highest BCUT2D eigenvalue weighted by atomic mass is 32.2. The Hall–Kier alpha value is -2.50. The van der Waals surface area contributed by atoms with Gasteiger partial charge in [0.25, 0.3) is 10.0 Å². The van der Waals surface area contributed by atoms with Crippen molar-refractivity contribution < 1.29 is 16.8 Å². The van der Waals surface area contributed by atoms with Crippen LogP contribution in [-0.2, 0) is 20.0 Å². The number of nitrogens with zero attached hydrogens (tertiary/aromatic N) is 2. The van der Waals surface area contributed by atoms with Crippen molar-refractivity contribution in [3.05, 3.63) is 52.4 Å². The lowest BCUT2D eigenvalue weighted by atomic mass is 10.1. The van der Waals surface area contributed by atoms with Crippen LogP contribution in [0.3, 0.4) is 0 Å². The van der Waals surface area contributed by atoms with Crippen molar-refractivity contribution in [3.8, 4) is 11.3 Å². The third-order valence-electron chi connectivity index (χ3n) is 4.25. The van der Waals surface area contributed by atoms with Crippen LogP contribution in [0.15, 0.2) is 40.6 Å². The summed E-state index contributed by atoms with van der Waals surface area (Å²) in [5.74, 6) is 0. The minimum Gasteiger partial charge on any atom is -0.283 e. The summed E-state index contributed by atoms with van der Waals surface area (Å²) in [6.07, 6.45) is 1.03. The molecule has 0 atom stereocenters. The molecule has 3 aromatic rings. The first-order valence-corrected chi connectivity index (χ1v) is 12.7.